The Bertz CT molecular complexity index is 378. The van der Waals surface area contributed by atoms with Crippen LogP contribution >= 0.6 is 11.6 Å². The molecular weight excluding hydrogens is 222 g/mol. The van der Waals surface area contributed by atoms with Crippen molar-refractivity contribution in [3.05, 3.63) is 47.0 Å². The maximum atomic E-state index is 5.75. The van der Waals surface area contributed by atoms with Crippen LogP contribution in [-0.4, -0.2) is 19.7 Å². The van der Waals surface area contributed by atoms with Crippen LogP contribution in [0.2, 0.25) is 0 Å². The van der Waals surface area contributed by atoms with Crippen molar-refractivity contribution in [1.82, 2.24) is 5.32 Å². The van der Waals surface area contributed by atoms with Gasteiger partial charge in [-0.25, -0.2) is 0 Å². The molecule has 1 N–H and O–H groups in total. The van der Waals surface area contributed by atoms with E-state index in [-0.39, 0.29) is 6.10 Å². The average Bonchev–Trinajstić information content (AvgIpc) is 2.29. The fourth-order valence-corrected chi connectivity index (χ4v) is 2.08. The summed E-state index contributed by atoms with van der Waals surface area (Å²) in [6.45, 7) is 5.85. The molecule has 2 rings (SSSR count). The predicted octanol–water partition coefficient (Wildman–Crippen LogP) is 2.64. The molecule has 1 unspecified atom stereocenters. The van der Waals surface area contributed by atoms with Crippen molar-refractivity contribution in [3.8, 4) is 0 Å². The zero-order valence-corrected chi connectivity index (χ0v) is 9.96. The molecule has 0 fully saturated rings. The standard InChI is InChI=1S/C13H16ClNO/c1-10(14)8-15-9-13-12-5-3-2-4-11(12)6-7-16-13/h2-5,13,15H,1,6-9H2. The van der Waals surface area contributed by atoms with Crippen LogP contribution in [0.1, 0.15) is 17.2 Å². The van der Waals surface area contributed by atoms with E-state index in [1.807, 2.05) is 0 Å². The first-order valence-electron chi connectivity index (χ1n) is 5.51. The van der Waals surface area contributed by atoms with E-state index in [0.29, 0.717) is 11.6 Å². The Morgan fingerprint density at radius 1 is 1.50 bits per heavy atom. The van der Waals surface area contributed by atoms with Gasteiger partial charge < -0.3 is 10.1 Å². The molecule has 86 valence electrons. The van der Waals surface area contributed by atoms with Crippen molar-refractivity contribution in [2.75, 3.05) is 19.7 Å². The average molecular weight is 238 g/mol. The highest BCUT2D eigenvalue weighted by Gasteiger charge is 2.19. The van der Waals surface area contributed by atoms with Crippen LogP contribution in [0.3, 0.4) is 0 Å². The van der Waals surface area contributed by atoms with Gasteiger partial charge in [0.1, 0.15) is 0 Å². The summed E-state index contributed by atoms with van der Waals surface area (Å²) in [7, 11) is 0. The molecule has 0 aliphatic carbocycles. The SMILES string of the molecule is C=C(Cl)CNCC1OCCc2ccccc21. The second-order valence-electron chi connectivity index (χ2n) is 3.96. The molecule has 0 bridgehead atoms. The molecule has 1 aliphatic heterocycles. The van der Waals surface area contributed by atoms with Gasteiger partial charge in [0.05, 0.1) is 12.7 Å². The predicted molar refractivity (Wildman–Crippen MR) is 66.7 cm³/mol. The van der Waals surface area contributed by atoms with E-state index >= 15 is 0 Å². The van der Waals surface area contributed by atoms with E-state index in [1.54, 1.807) is 0 Å². The maximum absolute atomic E-state index is 5.75. The van der Waals surface area contributed by atoms with Gasteiger partial charge in [0.15, 0.2) is 0 Å². The first kappa shape index (κ1) is 11.6. The third kappa shape index (κ3) is 2.85. The highest BCUT2D eigenvalue weighted by molar-refractivity contribution is 6.29. The smallest absolute Gasteiger partial charge is 0.0952 e. The topological polar surface area (TPSA) is 21.3 Å². The van der Waals surface area contributed by atoms with Crippen LogP contribution in [0.4, 0.5) is 0 Å². The van der Waals surface area contributed by atoms with Crippen LogP contribution in [0.15, 0.2) is 35.9 Å². The third-order valence-electron chi connectivity index (χ3n) is 2.74. The number of nitrogens with one attached hydrogen (secondary N) is 1. The van der Waals surface area contributed by atoms with Gasteiger partial charge in [-0.15, -0.1) is 0 Å². The number of ether oxygens (including phenoxy) is 1. The molecular formula is C13H16ClNO. The van der Waals surface area contributed by atoms with Crippen molar-refractivity contribution in [1.29, 1.82) is 0 Å². The van der Waals surface area contributed by atoms with Crippen molar-refractivity contribution in [2.45, 2.75) is 12.5 Å². The zero-order chi connectivity index (χ0) is 11.4. The van der Waals surface area contributed by atoms with Gasteiger partial charge in [0.2, 0.25) is 0 Å². The molecule has 16 heavy (non-hydrogen) atoms. The summed E-state index contributed by atoms with van der Waals surface area (Å²) in [5.41, 5.74) is 2.69. The molecule has 3 heteroatoms. The van der Waals surface area contributed by atoms with Crippen LogP contribution in [0.5, 0.6) is 0 Å². The number of hydrogen-bond donors (Lipinski definition) is 1. The number of rotatable bonds is 4. The van der Waals surface area contributed by atoms with E-state index in [2.05, 4.69) is 36.2 Å². The molecule has 0 saturated heterocycles. The van der Waals surface area contributed by atoms with Gasteiger partial charge in [0.25, 0.3) is 0 Å². The van der Waals surface area contributed by atoms with Crippen LogP contribution in [0, 0.1) is 0 Å². The van der Waals surface area contributed by atoms with Gasteiger partial charge in [-0.1, -0.05) is 42.4 Å². The molecule has 0 amide bonds. The lowest BCUT2D eigenvalue weighted by atomic mass is 9.97. The largest absolute Gasteiger partial charge is 0.372 e. The summed E-state index contributed by atoms with van der Waals surface area (Å²) in [5.74, 6) is 0. The molecule has 2 nitrogen and oxygen atoms in total. The van der Waals surface area contributed by atoms with Crippen LogP contribution in [-0.2, 0) is 11.2 Å². The van der Waals surface area contributed by atoms with E-state index in [1.165, 1.54) is 11.1 Å². The third-order valence-corrected chi connectivity index (χ3v) is 2.87. The minimum absolute atomic E-state index is 0.140. The Balaban J connectivity index is 1.99. The van der Waals surface area contributed by atoms with Gasteiger partial charge >= 0.3 is 0 Å². The number of halogens is 1. The Labute approximate surface area is 101 Å². The van der Waals surface area contributed by atoms with E-state index < -0.39 is 0 Å². The molecule has 0 saturated carbocycles. The molecule has 1 aliphatic rings. The van der Waals surface area contributed by atoms with Gasteiger partial charge in [-0.2, -0.15) is 0 Å². The lowest BCUT2D eigenvalue weighted by molar-refractivity contribution is 0.0431. The lowest BCUT2D eigenvalue weighted by Crippen LogP contribution is -2.28. The Morgan fingerprint density at radius 3 is 3.12 bits per heavy atom. The molecule has 0 spiro atoms. The summed E-state index contributed by atoms with van der Waals surface area (Å²) in [6, 6.07) is 8.44. The summed E-state index contributed by atoms with van der Waals surface area (Å²) in [4.78, 5) is 0. The van der Waals surface area contributed by atoms with Gasteiger partial charge in [-0.05, 0) is 17.5 Å². The number of hydrogen-bond acceptors (Lipinski definition) is 2. The fourth-order valence-electron chi connectivity index (χ4n) is 1.98. The van der Waals surface area contributed by atoms with Gasteiger partial charge in [0, 0.05) is 18.1 Å². The zero-order valence-electron chi connectivity index (χ0n) is 9.21. The minimum atomic E-state index is 0.140. The first-order valence-corrected chi connectivity index (χ1v) is 5.88. The van der Waals surface area contributed by atoms with E-state index in [0.717, 1.165) is 19.6 Å². The Morgan fingerprint density at radius 2 is 2.31 bits per heavy atom. The van der Waals surface area contributed by atoms with Gasteiger partial charge in [-0.3, -0.25) is 0 Å². The second kappa shape index (κ2) is 5.48. The molecule has 1 heterocycles. The first-order chi connectivity index (χ1) is 7.77. The van der Waals surface area contributed by atoms with Crippen molar-refractivity contribution < 1.29 is 4.74 Å². The monoisotopic (exact) mass is 237 g/mol. The van der Waals surface area contributed by atoms with Crippen LogP contribution < -0.4 is 5.32 Å². The van der Waals surface area contributed by atoms with Crippen molar-refractivity contribution >= 4 is 11.6 Å². The maximum Gasteiger partial charge on any atom is 0.0952 e. The Hall–Kier alpha value is -0.830. The molecule has 0 radical (unpaired) electrons. The second-order valence-corrected chi connectivity index (χ2v) is 4.49. The summed E-state index contributed by atoms with van der Waals surface area (Å²) < 4.78 is 5.75. The van der Waals surface area contributed by atoms with E-state index in [9.17, 15) is 0 Å². The normalized spacial score (nSPS) is 19.2. The molecule has 0 aromatic heterocycles. The van der Waals surface area contributed by atoms with Crippen LogP contribution in [0.25, 0.3) is 0 Å². The molecule has 1 atom stereocenters. The minimum Gasteiger partial charge on any atom is -0.372 e. The highest BCUT2D eigenvalue weighted by Crippen LogP contribution is 2.26. The highest BCUT2D eigenvalue weighted by atomic mass is 35.5. The molecule has 1 aromatic rings. The van der Waals surface area contributed by atoms with E-state index in [4.69, 9.17) is 16.3 Å². The lowest BCUT2D eigenvalue weighted by Gasteiger charge is -2.26. The summed E-state index contributed by atoms with van der Waals surface area (Å²) in [6.07, 6.45) is 1.15. The summed E-state index contributed by atoms with van der Waals surface area (Å²) >= 11 is 5.70. The quantitative estimate of drug-likeness (QED) is 0.870. The van der Waals surface area contributed by atoms with Crippen molar-refractivity contribution in [3.63, 3.8) is 0 Å². The fraction of sp³-hybridized carbons (Fsp3) is 0.385. The Kier molecular flexibility index (Phi) is 3.99. The number of benzene rings is 1. The number of fused-ring (bicyclic) bond motifs is 1. The van der Waals surface area contributed by atoms with Crippen molar-refractivity contribution in [2.24, 2.45) is 0 Å². The summed E-state index contributed by atoms with van der Waals surface area (Å²) in [5, 5.41) is 3.87. The molecule has 1 aromatic carbocycles.